The lowest BCUT2D eigenvalue weighted by atomic mass is 10.1. The average molecular weight is 343 g/mol. The summed E-state index contributed by atoms with van der Waals surface area (Å²) in [5.41, 5.74) is 4.59. The summed E-state index contributed by atoms with van der Waals surface area (Å²) >= 11 is 0. The van der Waals surface area contributed by atoms with Crippen molar-refractivity contribution in [3.8, 4) is 0 Å². The van der Waals surface area contributed by atoms with Gasteiger partial charge in [0.05, 0.1) is 17.6 Å². The van der Waals surface area contributed by atoms with E-state index in [1.807, 2.05) is 31.3 Å². The highest BCUT2D eigenvalue weighted by atomic mass is 15.1. The minimum atomic E-state index is 0.617. The molecule has 4 aromatic rings. The van der Waals surface area contributed by atoms with Crippen molar-refractivity contribution in [1.82, 2.24) is 19.5 Å². The van der Waals surface area contributed by atoms with Crippen molar-refractivity contribution in [1.29, 1.82) is 0 Å². The molecule has 26 heavy (non-hydrogen) atoms. The lowest BCUT2D eigenvalue weighted by molar-refractivity contribution is 0.829. The molecule has 0 aliphatic heterocycles. The number of rotatable bonds is 5. The number of hydrogen-bond donors (Lipinski definition) is 1. The third-order valence-corrected chi connectivity index (χ3v) is 4.47. The van der Waals surface area contributed by atoms with E-state index >= 15 is 0 Å². The van der Waals surface area contributed by atoms with Gasteiger partial charge in [0.15, 0.2) is 0 Å². The smallest absolute Gasteiger partial charge is 0.135 e. The molecule has 130 valence electrons. The Morgan fingerprint density at radius 3 is 2.69 bits per heavy atom. The van der Waals surface area contributed by atoms with Gasteiger partial charge in [0.2, 0.25) is 0 Å². The first-order valence-electron chi connectivity index (χ1n) is 8.71. The van der Waals surface area contributed by atoms with Gasteiger partial charge in [-0.2, -0.15) is 0 Å². The minimum absolute atomic E-state index is 0.617. The Morgan fingerprint density at radius 1 is 1.00 bits per heavy atom. The van der Waals surface area contributed by atoms with Crippen molar-refractivity contribution in [2.45, 2.75) is 19.9 Å². The van der Waals surface area contributed by atoms with Crippen molar-refractivity contribution < 1.29 is 0 Å². The summed E-state index contributed by atoms with van der Waals surface area (Å²) in [6.45, 7) is 2.70. The molecule has 1 N–H and O–H groups in total. The summed E-state index contributed by atoms with van der Waals surface area (Å²) in [4.78, 5) is 13.7. The third-order valence-electron chi connectivity index (χ3n) is 4.47. The molecule has 0 bridgehead atoms. The van der Waals surface area contributed by atoms with Crippen LogP contribution in [0.1, 0.15) is 22.8 Å². The highest BCUT2D eigenvalue weighted by molar-refractivity contribution is 5.76. The molecule has 0 radical (unpaired) electrons. The summed E-state index contributed by atoms with van der Waals surface area (Å²) in [7, 11) is 2.04. The maximum atomic E-state index is 4.74. The quantitative estimate of drug-likeness (QED) is 0.597. The van der Waals surface area contributed by atoms with Gasteiger partial charge >= 0.3 is 0 Å². The molecule has 0 aliphatic rings. The number of imidazole rings is 1. The fourth-order valence-electron chi connectivity index (χ4n) is 3.05. The second-order valence-corrected chi connectivity index (χ2v) is 6.45. The molecule has 2 heterocycles. The van der Waals surface area contributed by atoms with Gasteiger partial charge in [0, 0.05) is 19.7 Å². The van der Waals surface area contributed by atoms with Gasteiger partial charge in [-0.1, -0.05) is 36.4 Å². The van der Waals surface area contributed by atoms with E-state index in [1.165, 1.54) is 11.1 Å². The molecule has 0 aliphatic carbocycles. The average Bonchev–Trinajstić information content (AvgIpc) is 2.96. The summed E-state index contributed by atoms with van der Waals surface area (Å²) in [6.07, 6.45) is 2.52. The molecule has 0 spiro atoms. The lowest BCUT2D eigenvalue weighted by Gasteiger charge is -2.07. The van der Waals surface area contributed by atoms with Crippen LogP contribution in [0.4, 0.5) is 5.82 Å². The molecule has 5 heteroatoms. The Morgan fingerprint density at radius 2 is 1.85 bits per heavy atom. The SMILES string of the molecule is Cc1ccc2c(c1)nc(CNc1ccnc(Cc3ccccc3)n1)n2C. The molecule has 0 saturated carbocycles. The molecule has 0 fully saturated rings. The van der Waals surface area contributed by atoms with Crippen molar-refractivity contribution in [3.05, 3.63) is 83.6 Å². The zero-order valence-corrected chi connectivity index (χ0v) is 15.0. The molecule has 2 aromatic carbocycles. The van der Waals surface area contributed by atoms with Gasteiger partial charge in [0.25, 0.3) is 0 Å². The predicted molar refractivity (Wildman–Crippen MR) is 104 cm³/mol. The highest BCUT2D eigenvalue weighted by Crippen LogP contribution is 2.17. The van der Waals surface area contributed by atoms with Crippen LogP contribution in [0.25, 0.3) is 11.0 Å². The van der Waals surface area contributed by atoms with E-state index < -0.39 is 0 Å². The molecule has 0 atom stereocenters. The van der Waals surface area contributed by atoms with E-state index in [1.54, 1.807) is 6.20 Å². The first-order valence-corrected chi connectivity index (χ1v) is 8.71. The summed E-state index contributed by atoms with van der Waals surface area (Å²) in [5.74, 6) is 2.60. The number of nitrogens with one attached hydrogen (secondary N) is 1. The summed E-state index contributed by atoms with van der Waals surface area (Å²) < 4.78 is 2.12. The van der Waals surface area contributed by atoms with Crippen LogP contribution in [0.5, 0.6) is 0 Å². The van der Waals surface area contributed by atoms with Gasteiger partial charge in [-0.05, 0) is 36.2 Å². The monoisotopic (exact) mass is 343 g/mol. The highest BCUT2D eigenvalue weighted by Gasteiger charge is 2.08. The predicted octanol–water partition coefficient (Wildman–Crippen LogP) is 3.87. The van der Waals surface area contributed by atoms with Gasteiger partial charge in [-0.15, -0.1) is 0 Å². The van der Waals surface area contributed by atoms with Crippen LogP contribution < -0.4 is 5.32 Å². The van der Waals surface area contributed by atoms with E-state index in [2.05, 4.69) is 57.1 Å². The normalized spacial score (nSPS) is 11.0. The number of nitrogens with zero attached hydrogens (tertiary/aromatic N) is 4. The van der Waals surface area contributed by atoms with Crippen molar-refractivity contribution in [3.63, 3.8) is 0 Å². The Labute approximate surface area is 152 Å². The third kappa shape index (κ3) is 3.42. The fraction of sp³-hybridized carbons (Fsp3) is 0.190. The zero-order chi connectivity index (χ0) is 17.9. The fourth-order valence-corrected chi connectivity index (χ4v) is 3.05. The molecule has 2 aromatic heterocycles. The van der Waals surface area contributed by atoms with E-state index in [9.17, 15) is 0 Å². The summed E-state index contributed by atoms with van der Waals surface area (Å²) in [5, 5.41) is 3.37. The van der Waals surface area contributed by atoms with Crippen molar-refractivity contribution >= 4 is 16.9 Å². The van der Waals surface area contributed by atoms with Crippen molar-refractivity contribution in [2.75, 3.05) is 5.32 Å². The molecule has 0 unspecified atom stereocenters. The van der Waals surface area contributed by atoms with Gasteiger partial charge in [-0.3, -0.25) is 0 Å². The first-order chi connectivity index (χ1) is 12.7. The second-order valence-electron chi connectivity index (χ2n) is 6.45. The first kappa shape index (κ1) is 16.3. The lowest BCUT2D eigenvalue weighted by Crippen LogP contribution is -2.08. The molecule has 0 amide bonds. The van der Waals surface area contributed by atoms with E-state index in [-0.39, 0.29) is 0 Å². The van der Waals surface area contributed by atoms with Crippen LogP contribution in [-0.4, -0.2) is 19.5 Å². The van der Waals surface area contributed by atoms with Crippen LogP contribution in [0, 0.1) is 6.92 Å². The molecular weight excluding hydrogens is 322 g/mol. The maximum absolute atomic E-state index is 4.74. The number of benzene rings is 2. The van der Waals surface area contributed by atoms with E-state index in [4.69, 9.17) is 4.98 Å². The molecular formula is C21H21N5. The van der Waals surface area contributed by atoms with Crippen LogP contribution in [-0.2, 0) is 20.0 Å². The number of hydrogen-bond acceptors (Lipinski definition) is 4. The molecule has 0 saturated heterocycles. The molecule has 4 rings (SSSR count). The van der Waals surface area contributed by atoms with Crippen LogP contribution in [0.2, 0.25) is 0 Å². The Balaban J connectivity index is 1.50. The van der Waals surface area contributed by atoms with Gasteiger partial charge in [-0.25, -0.2) is 15.0 Å². The Hall–Kier alpha value is -3.21. The Bertz CT molecular complexity index is 1040. The van der Waals surface area contributed by atoms with Crippen LogP contribution >= 0.6 is 0 Å². The van der Waals surface area contributed by atoms with Gasteiger partial charge in [0.1, 0.15) is 17.5 Å². The van der Waals surface area contributed by atoms with E-state index in [0.29, 0.717) is 6.54 Å². The largest absolute Gasteiger partial charge is 0.363 e. The number of fused-ring (bicyclic) bond motifs is 1. The summed E-state index contributed by atoms with van der Waals surface area (Å²) in [6, 6.07) is 18.5. The maximum Gasteiger partial charge on any atom is 0.135 e. The topological polar surface area (TPSA) is 55.6 Å². The van der Waals surface area contributed by atoms with Crippen molar-refractivity contribution in [2.24, 2.45) is 7.05 Å². The number of anilines is 1. The number of aromatic nitrogens is 4. The van der Waals surface area contributed by atoms with E-state index in [0.717, 1.165) is 34.9 Å². The minimum Gasteiger partial charge on any atom is -0.363 e. The molecule has 5 nitrogen and oxygen atoms in total. The zero-order valence-electron chi connectivity index (χ0n) is 15.0. The number of aryl methyl sites for hydroxylation is 2. The Kier molecular flexibility index (Phi) is 4.35. The second kappa shape index (κ2) is 6.96. The van der Waals surface area contributed by atoms with Crippen LogP contribution in [0.15, 0.2) is 60.8 Å². The van der Waals surface area contributed by atoms with Gasteiger partial charge < -0.3 is 9.88 Å². The standard InChI is InChI=1S/C21H21N5/c1-15-8-9-18-17(12-15)24-21(26(18)2)14-23-19-10-11-22-20(25-19)13-16-6-4-3-5-7-16/h3-12H,13-14H2,1-2H3,(H,22,23,25). The van der Waals surface area contributed by atoms with Crippen LogP contribution in [0.3, 0.4) is 0 Å².